The minimum Gasteiger partial charge on any atom is -0.0952 e. The van der Waals surface area contributed by atoms with Gasteiger partial charge in [0.25, 0.3) is 0 Å². The van der Waals surface area contributed by atoms with Gasteiger partial charge >= 0.3 is 0 Å². The number of fused-ring (bicyclic) bond motifs is 1. The quantitative estimate of drug-likeness (QED) is 0.437. The number of hydrogen-bond donors (Lipinski definition) is 0. The predicted octanol–water partition coefficient (Wildman–Crippen LogP) is 7.16. The van der Waals surface area contributed by atoms with Crippen LogP contribution in [0.3, 0.4) is 0 Å². The highest BCUT2D eigenvalue weighted by Crippen LogP contribution is 2.26. The zero-order chi connectivity index (χ0) is 17.6. The van der Waals surface area contributed by atoms with Crippen molar-refractivity contribution >= 4 is 16.3 Å². The Morgan fingerprint density at radius 2 is 1.56 bits per heavy atom. The van der Waals surface area contributed by atoms with Crippen LogP contribution in [0.15, 0.2) is 103 Å². The standard InChI is InChI=1S/C25H24/c1-19(21(3)22-13-5-4-6-14-22)11-9-12-20(2)24-18-10-16-23-15-7-8-17-25(23)24/h4-18,21H,1H2,2-3H3/b11-9-,20-12+. The van der Waals surface area contributed by atoms with Crippen LogP contribution in [0.25, 0.3) is 16.3 Å². The molecule has 0 radical (unpaired) electrons. The lowest BCUT2D eigenvalue weighted by Gasteiger charge is -2.11. The van der Waals surface area contributed by atoms with E-state index in [9.17, 15) is 0 Å². The van der Waals surface area contributed by atoms with Crippen LogP contribution >= 0.6 is 0 Å². The van der Waals surface area contributed by atoms with Crippen molar-refractivity contribution in [1.82, 2.24) is 0 Å². The highest BCUT2D eigenvalue weighted by Gasteiger charge is 2.06. The highest BCUT2D eigenvalue weighted by atomic mass is 14.1. The molecule has 3 rings (SSSR count). The number of allylic oxidation sites excluding steroid dienone is 5. The fraction of sp³-hybridized carbons (Fsp3) is 0.120. The Morgan fingerprint density at radius 1 is 0.880 bits per heavy atom. The van der Waals surface area contributed by atoms with E-state index in [1.54, 1.807) is 0 Å². The van der Waals surface area contributed by atoms with Gasteiger partial charge in [-0.3, -0.25) is 0 Å². The Labute approximate surface area is 150 Å². The Balaban J connectivity index is 1.78. The molecule has 3 aromatic carbocycles. The maximum absolute atomic E-state index is 4.23. The molecule has 0 aromatic heterocycles. The molecule has 124 valence electrons. The summed E-state index contributed by atoms with van der Waals surface area (Å²) in [5.74, 6) is 0.323. The third-order valence-corrected chi connectivity index (χ3v) is 4.73. The van der Waals surface area contributed by atoms with E-state index in [1.807, 2.05) is 6.07 Å². The van der Waals surface area contributed by atoms with Crippen LogP contribution in [0.2, 0.25) is 0 Å². The van der Waals surface area contributed by atoms with Crippen molar-refractivity contribution in [2.75, 3.05) is 0 Å². The van der Waals surface area contributed by atoms with Crippen LogP contribution in [0.4, 0.5) is 0 Å². The van der Waals surface area contributed by atoms with Crippen molar-refractivity contribution in [1.29, 1.82) is 0 Å². The summed E-state index contributed by atoms with van der Waals surface area (Å²) in [6.45, 7) is 8.59. The molecule has 0 saturated heterocycles. The third-order valence-electron chi connectivity index (χ3n) is 4.73. The molecule has 0 aliphatic heterocycles. The number of hydrogen-bond acceptors (Lipinski definition) is 0. The van der Waals surface area contributed by atoms with E-state index in [0.29, 0.717) is 5.92 Å². The van der Waals surface area contributed by atoms with Crippen molar-refractivity contribution in [3.8, 4) is 0 Å². The first-order valence-corrected chi connectivity index (χ1v) is 8.73. The molecule has 0 N–H and O–H groups in total. The monoisotopic (exact) mass is 324 g/mol. The second-order valence-corrected chi connectivity index (χ2v) is 6.44. The number of benzene rings is 3. The summed E-state index contributed by atoms with van der Waals surface area (Å²) in [6, 6.07) is 25.5. The molecule has 0 aliphatic rings. The Morgan fingerprint density at radius 3 is 2.36 bits per heavy atom. The lowest BCUT2D eigenvalue weighted by Crippen LogP contribution is -1.94. The van der Waals surface area contributed by atoms with E-state index in [0.717, 1.165) is 5.57 Å². The summed E-state index contributed by atoms with van der Waals surface area (Å²) in [5.41, 5.74) is 4.96. The van der Waals surface area contributed by atoms with E-state index < -0.39 is 0 Å². The van der Waals surface area contributed by atoms with Gasteiger partial charge in [0.15, 0.2) is 0 Å². The Kier molecular flexibility index (Phi) is 5.30. The molecule has 0 fully saturated rings. The summed E-state index contributed by atoms with van der Waals surface area (Å²) >= 11 is 0. The molecule has 3 aromatic rings. The van der Waals surface area contributed by atoms with Crippen LogP contribution in [0, 0.1) is 0 Å². The largest absolute Gasteiger partial charge is 0.0952 e. The lowest BCUT2D eigenvalue weighted by atomic mass is 9.93. The normalized spacial score (nSPS) is 13.3. The van der Waals surface area contributed by atoms with Gasteiger partial charge in [-0.2, -0.15) is 0 Å². The first-order chi connectivity index (χ1) is 12.2. The minimum atomic E-state index is 0.323. The third kappa shape index (κ3) is 3.97. The van der Waals surface area contributed by atoms with Crippen LogP contribution in [-0.2, 0) is 0 Å². The predicted molar refractivity (Wildman–Crippen MR) is 111 cm³/mol. The van der Waals surface area contributed by atoms with Crippen LogP contribution < -0.4 is 0 Å². The second-order valence-electron chi connectivity index (χ2n) is 6.44. The Bertz CT molecular complexity index is 921. The first kappa shape index (κ1) is 17.0. The van der Waals surface area contributed by atoms with Gasteiger partial charge in [-0.1, -0.05) is 105 Å². The molecular formula is C25H24. The molecule has 0 aliphatic carbocycles. The van der Waals surface area contributed by atoms with E-state index in [2.05, 4.69) is 105 Å². The molecule has 0 heterocycles. The molecular weight excluding hydrogens is 300 g/mol. The van der Waals surface area contributed by atoms with Crippen molar-refractivity contribution in [2.24, 2.45) is 0 Å². The summed E-state index contributed by atoms with van der Waals surface area (Å²) < 4.78 is 0. The first-order valence-electron chi connectivity index (χ1n) is 8.73. The van der Waals surface area contributed by atoms with Gasteiger partial charge in [0.05, 0.1) is 0 Å². The highest BCUT2D eigenvalue weighted by molar-refractivity contribution is 5.93. The molecule has 25 heavy (non-hydrogen) atoms. The zero-order valence-corrected chi connectivity index (χ0v) is 14.9. The van der Waals surface area contributed by atoms with Crippen molar-refractivity contribution in [3.05, 3.63) is 114 Å². The van der Waals surface area contributed by atoms with E-state index in [1.165, 1.54) is 27.5 Å². The molecule has 0 bridgehead atoms. The molecule has 1 unspecified atom stereocenters. The zero-order valence-electron chi connectivity index (χ0n) is 14.9. The molecule has 0 heteroatoms. The molecule has 0 saturated carbocycles. The summed E-state index contributed by atoms with van der Waals surface area (Å²) in [6.07, 6.45) is 6.40. The van der Waals surface area contributed by atoms with Crippen molar-refractivity contribution in [3.63, 3.8) is 0 Å². The molecule has 0 spiro atoms. The van der Waals surface area contributed by atoms with E-state index >= 15 is 0 Å². The average molecular weight is 324 g/mol. The smallest absolute Gasteiger partial charge is 0.00551 e. The van der Waals surface area contributed by atoms with Crippen LogP contribution in [0.5, 0.6) is 0 Å². The topological polar surface area (TPSA) is 0 Å². The maximum atomic E-state index is 4.23. The average Bonchev–Trinajstić information content (AvgIpc) is 2.67. The van der Waals surface area contributed by atoms with Gasteiger partial charge in [0.1, 0.15) is 0 Å². The van der Waals surface area contributed by atoms with Gasteiger partial charge in [-0.05, 0) is 40.0 Å². The maximum Gasteiger partial charge on any atom is 0.00551 e. The Hall–Kier alpha value is -2.86. The fourth-order valence-corrected chi connectivity index (χ4v) is 3.08. The minimum absolute atomic E-state index is 0.323. The fourth-order valence-electron chi connectivity index (χ4n) is 3.08. The van der Waals surface area contributed by atoms with Gasteiger partial charge in [-0.15, -0.1) is 0 Å². The molecule has 1 atom stereocenters. The molecule has 0 nitrogen and oxygen atoms in total. The van der Waals surface area contributed by atoms with Crippen molar-refractivity contribution in [2.45, 2.75) is 19.8 Å². The summed E-state index contributed by atoms with van der Waals surface area (Å²) in [5, 5.41) is 2.57. The summed E-state index contributed by atoms with van der Waals surface area (Å²) in [7, 11) is 0. The van der Waals surface area contributed by atoms with Crippen LogP contribution in [0.1, 0.15) is 30.9 Å². The lowest BCUT2D eigenvalue weighted by molar-refractivity contribution is 0.926. The second kappa shape index (κ2) is 7.81. The van der Waals surface area contributed by atoms with Crippen molar-refractivity contribution < 1.29 is 0 Å². The van der Waals surface area contributed by atoms with E-state index in [4.69, 9.17) is 0 Å². The summed E-state index contributed by atoms with van der Waals surface area (Å²) in [4.78, 5) is 0. The van der Waals surface area contributed by atoms with E-state index in [-0.39, 0.29) is 0 Å². The van der Waals surface area contributed by atoms with Crippen LogP contribution in [-0.4, -0.2) is 0 Å². The van der Waals surface area contributed by atoms with Gasteiger partial charge < -0.3 is 0 Å². The van der Waals surface area contributed by atoms with Gasteiger partial charge in [-0.25, -0.2) is 0 Å². The number of rotatable bonds is 5. The SMILES string of the molecule is C=C(/C=C\C=C(/C)c1cccc2ccccc12)C(C)c1ccccc1. The van der Waals surface area contributed by atoms with Gasteiger partial charge in [0, 0.05) is 5.92 Å². The molecule has 0 amide bonds. The van der Waals surface area contributed by atoms with Gasteiger partial charge in [0.2, 0.25) is 0 Å².